The fourth-order valence-electron chi connectivity index (χ4n) is 3.26. The lowest BCUT2D eigenvalue weighted by atomic mass is 9.88. The summed E-state index contributed by atoms with van der Waals surface area (Å²) in [5.74, 6) is 0.873. The minimum absolute atomic E-state index is 0.358. The summed E-state index contributed by atoms with van der Waals surface area (Å²) in [5.41, 5.74) is 6.25. The summed E-state index contributed by atoms with van der Waals surface area (Å²) in [6.07, 6.45) is 3.58. The summed E-state index contributed by atoms with van der Waals surface area (Å²) in [7, 11) is 0. The number of aromatic nitrogens is 2. The third-order valence-corrected chi connectivity index (χ3v) is 4.32. The van der Waals surface area contributed by atoms with Crippen LogP contribution in [-0.4, -0.2) is 9.97 Å². The molecule has 0 aliphatic heterocycles. The molecule has 1 atom stereocenters. The number of benzene rings is 2. The number of nitrogens with zero attached hydrogens (tertiary/aromatic N) is 1. The molecule has 0 spiro atoms. The molecule has 0 radical (unpaired) electrons. The maximum atomic E-state index is 4.65. The van der Waals surface area contributed by atoms with Crippen LogP contribution in [0.3, 0.4) is 0 Å². The topological polar surface area (TPSA) is 40.7 Å². The Morgan fingerprint density at radius 3 is 3.05 bits per heavy atom. The van der Waals surface area contributed by atoms with Crippen molar-refractivity contribution >= 4 is 17.0 Å². The number of fused-ring (bicyclic) bond motifs is 2. The SMILES string of the molecule is Cc1ccc2nc(N[C@@H]3CCCc4ccccc43)[nH]c2c1. The van der Waals surface area contributed by atoms with E-state index >= 15 is 0 Å². The maximum Gasteiger partial charge on any atom is 0.201 e. The van der Waals surface area contributed by atoms with Gasteiger partial charge in [0.25, 0.3) is 0 Å². The molecule has 2 N–H and O–H groups in total. The zero-order chi connectivity index (χ0) is 14.2. The molecule has 2 aromatic carbocycles. The largest absolute Gasteiger partial charge is 0.349 e. The number of nitrogens with one attached hydrogen (secondary N) is 2. The molecule has 3 aromatic rings. The Morgan fingerprint density at radius 2 is 2.10 bits per heavy atom. The highest BCUT2D eigenvalue weighted by Gasteiger charge is 2.20. The Kier molecular flexibility index (Phi) is 2.92. The first kappa shape index (κ1) is 12.5. The van der Waals surface area contributed by atoms with Crippen molar-refractivity contribution in [3.8, 4) is 0 Å². The van der Waals surface area contributed by atoms with Crippen LogP contribution in [0.1, 0.15) is 35.6 Å². The molecule has 3 heteroatoms. The molecule has 0 saturated heterocycles. The van der Waals surface area contributed by atoms with Crippen LogP contribution in [0.15, 0.2) is 42.5 Å². The minimum Gasteiger partial charge on any atom is -0.349 e. The van der Waals surface area contributed by atoms with Crippen LogP contribution in [-0.2, 0) is 6.42 Å². The van der Waals surface area contributed by atoms with Gasteiger partial charge in [-0.05, 0) is 55.0 Å². The lowest BCUT2D eigenvalue weighted by Crippen LogP contribution is -2.17. The molecule has 0 unspecified atom stereocenters. The summed E-state index contributed by atoms with van der Waals surface area (Å²) in [6, 6.07) is 15.4. The van der Waals surface area contributed by atoms with Gasteiger partial charge in [0.05, 0.1) is 17.1 Å². The van der Waals surface area contributed by atoms with Crippen LogP contribution in [0, 0.1) is 6.92 Å². The molecule has 1 heterocycles. The fourth-order valence-corrected chi connectivity index (χ4v) is 3.26. The van der Waals surface area contributed by atoms with Gasteiger partial charge in [0, 0.05) is 0 Å². The number of hydrogen-bond acceptors (Lipinski definition) is 2. The van der Waals surface area contributed by atoms with Gasteiger partial charge in [0.2, 0.25) is 5.95 Å². The van der Waals surface area contributed by atoms with Crippen molar-refractivity contribution in [1.82, 2.24) is 9.97 Å². The molecule has 0 amide bonds. The number of imidazole rings is 1. The van der Waals surface area contributed by atoms with Crippen LogP contribution in [0.2, 0.25) is 0 Å². The van der Waals surface area contributed by atoms with Crippen molar-refractivity contribution in [1.29, 1.82) is 0 Å². The Hall–Kier alpha value is -2.29. The van der Waals surface area contributed by atoms with E-state index < -0.39 is 0 Å². The van der Waals surface area contributed by atoms with Gasteiger partial charge >= 0.3 is 0 Å². The molecule has 3 nitrogen and oxygen atoms in total. The highest BCUT2D eigenvalue weighted by Crippen LogP contribution is 2.32. The summed E-state index contributed by atoms with van der Waals surface area (Å²) < 4.78 is 0. The van der Waals surface area contributed by atoms with Gasteiger partial charge in [-0.3, -0.25) is 0 Å². The zero-order valence-electron chi connectivity index (χ0n) is 12.2. The van der Waals surface area contributed by atoms with Crippen molar-refractivity contribution in [3.05, 3.63) is 59.2 Å². The van der Waals surface area contributed by atoms with Crippen LogP contribution >= 0.6 is 0 Å². The molecule has 21 heavy (non-hydrogen) atoms. The van der Waals surface area contributed by atoms with E-state index in [-0.39, 0.29) is 0 Å². The summed E-state index contributed by atoms with van der Waals surface area (Å²) >= 11 is 0. The van der Waals surface area contributed by atoms with Crippen molar-refractivity contribution in [2.45, 2.75) is 32.2 Å². The monoisotopic (exact) mass is 277 g/mol. The van der Waals surface area contributed by atoms with E-state index in [9.17, 15) is 0 Å². The third kappa shape index (κ3) is 2.29. The maximum absolute atomic E-state index is 4.65. The number of rotatable bonds is 2. The van der Waals surface area contributed by atoms with Crippen LogP contribution in [0.5, 0.6) is 0 Å². The highest BCUT2D eigenvalue weighted by molar-refractivity contribution is 5.78. The number of aromatic amines is 1. The standard InChI is InChI=1S/C18H19N3/c1-12-9-10-16-17(11-12)21-18(20-16)19-15-8-4-6-13-5-2-3-7-14(13)15/h2-3,5,7,9-11,15H,4,6,8H2,1H3,(H2,19,20,21)/t15-/m1/s1. The molecule has 0 saturated carbocycles. The fraction of sp³-hybridized carbons (Fsp3) is 0.278. The Balaban J connectivity index is 1.66. The van der Waals surface area contributed by atoms with Crippen LogP contribution in [0.4, 0.5) is 5.95 Å². The first-order chi connectivity index (χ1) is 10.3. The van der Waals surface area contributed by atoms with E-state index in [0.29, 0.717) is 6.04 Å². The van der Waals surface area contributed by atoms with E-state index in [4.69, 9.17) is 0 Å². The number of aryl methyl sites for hydroxylation is 2. The number of anilines is 1. The molecule has 1 aliphatic carbocycles. The lowest BCUT2D eigenvalue weighted by Gasteiger charge is -2.26. The van der Waals surface area contributed by atoms with Gasteiger partial charge in [0.15, 0.2) is 0 Å². The summed E-state index contributed by atoms with van der Waals surface area (Å²) in [6.45, 7) is 2.10. The third-order valence-electron chi connectivity index (χ3n) is 4.32. The average molecular weight is 277 g/mol. The van der Waals surface area contributed by atoms with Crippen LogP contribution < -0.4 is 5.32 Å². The predicted molar refractivity (Wildman–Crippen MR) is 86.6 cm³/mol. The van der Waals surface area contributed by atoms with Crippen molar-refractivity contribution in [3.63, 3.8) is 0 Å². The van der Waals surface area contributed by atoms with Gasteiger partial charge < -0.3 is 10.3 Å². The van der Waals surface area contributed by atoms with Crippen molar-refractivity contribution in [2.24, 2.45) is 0 Å². The first-order valence-electron chi connectivity index (χ1n) is 7.60. The van der Waals surface area contributed by atoms with Crippen molar-refractivity contribution < 1.29 is 0 Å². The second-order valence-corrected chi connectivity index (χ2v) is 5.89. The smallest absolute Gasteiger partial charge is 0.201 e. The molecule has 1 aromatic heterocycles. The van der Waals surface area contributed by atoms with Crippen LogP contribution in [0.25, 0.3) is 11.0 Å². The Labute approximate surface area is 124 Å². The quantitative estimate of drug-likeness (QED) is 0.730. The van der Waals surface area contributed by atoms with Gasteiger partial charge in [-0.25, -0.2) is 4.98 Å². The van der Waals surface area contributed by atoms with E-state index in [1.807, 2.05) is 0 Å². The number of hydrogen-bond donors (Lipinski definition) is 2. The summed E-state index contributed by atoms with van der Waals surface area (Å²) in [4.78, 5) is 8.05. The first-order valence-corrected chi connectivity index (χ1v) is 7.60. The average Bonchev–Trinajstić information content (AvgIpc) is 2.89. The Morgan fingerprint density at radius 1 is 1.19 bits per heavy atom. The van der Waals surface area contributed by atoms with Gasteiger partial charge in [-0.15, -0.1) is 0 Å². The van der Waals surface area contributed by atoms with Gasteiger partial charge in [-0.2, -0.15) is 0 Å². The van der Waals surface area contributed by atoms with E-state index in [1.165, 1.54) is 29.5 Å². The Bertz CT molecular complexity index is 788. The minimum atomic E-state index is 0.358. The highest BCUT2D eigenvalue weighted by atomic mass is 15.1. The molecule has 0 bridgehead atoms. The zero-order valence-corrected chi connectivity index (χ0v) is 12.2. The molecule has 0 fully saturated rings. The molecular formula is C18H19N3. The van der Waals surface area contributed by atoms with Gasteiger partial charge in [0.1, 0.15) is 0 Å². The van der Waals surface area contributed by atoms with E-state index in [2.05, 4.69) is 64.7 Å². The summed E-state index contributed by atoms with van der Waals surface area (Å²) in [5, 5.41) is 3.58. The normalized spacial score (nSPS) is 17.7. The van der Waals surface area contributed by atoms with Crippen molar-refractivity contribution in [2.75, 3.05) is 5.32 Å². The molecular weight excluding hydrogens is 258 g/mol. The molecule has 1 aliphatic rings. The number of H-pyrrole nitrogens is 1. The molecule has 106 valence electrons. The van der Waals surface area contributed by atoms with E-state index in [1.54, 1.807) is 0 Å². The lowest BCUT2D eigenvalue weighted by molar-refractivity contribution is 0.597. The molecule has 4 rings (SSSR count). The predicted octanol–water partition coefficient (Wildman–Crippen LogP) is 4.36. The second kappa shape index (κ2) is 4.92. The second-order valence-electron chi connectivity index (χ2n) is 5.89. The van der Waals surface area contributed by atoms with Gasteiger partial charge in [-0.1, -0.05) is 30.3 Å². The van der Waals surface area contributed by atoms with E-state index in [0.717, 1.165) is 23.4 Å².